The minimum Gasteiger partial charge on any atom is -0.490 e. The van der Waals surface area contributed by atoms with Crippen LogP contribution in [0.4, 0.5) is 20.2 Å². The summed E-state index contributed by atoms with van der Waals surface area (Å²) >= 11 is 0. The van der Waals surface area contributed by atoms with Gasteiger partial charge in [0.25, 0.3) is 0 Å². The average Bonchev–Trinajstić information content (AvgIpc) is 3.00. The molecule has 3 aliphatic heterocycles. The van der Waals surface area contributed by atoms with Crippen molar-refractivity contribution in [3.05, 3.63) is 62.7 Å². The third kappa shape index (κ3) is 6.82. The maximum Gasteiger partial charge on any atom is 0.311 e. The number of methoxy groups -OCH3 is 1. The summed E-state index contributed by atoms with van der Waals surface area (Å²) in [5, 5.41) is 13.6. The molecule has 0 bridgehead atoms. The van der Waals surface area contributed by atoms with Crippen molar-refractivity contribution in [1.29, 1.82) is 0 Å². The first kappa shape index (κ1) is 30.8. The number of likely N-dealkylation sites (tertiary alicyclic amines) is 1. The molecule has 0 saturated carbocycles. The summed E-state index contributed by atoms with van der Waals surface area (Å²) in [5.74, 6) is -2.70. The van der Waals surface area contributed by atoms with Crippen LogP contribution in [0, 0.1) is 27.7 Å². The summed E-state index contributed by atoms with van der Waals surface area (Å²) in [6.45, 7) is 5.76. The Bertz CT molecular complexity index is 1350. The fourth-order valence-electron chi connectivity index (χ4n) is 7.02. The molecule has 0 aliphatic carbocycles. The van der Waals surface area contributed by atoms with E-state index in [-0.39, 0.29) is 29.8 Å². The van der Waals surface area contributed by atoms with Crippen LogP contribution in [-0.2, 0) is 22.4 Å². The largest absolute Gasteiger partial charge is 0.490 e. The van der Waals surface area contributed by atoms with Gasteiger partial charge in [0.1, 0.15) is 11.6 Å². The molecule has 1 atom stereocenters. The Kier molecular flexibility index (Phi) is 9.59. The highest BCUT2D eigenvalue weighted by Gasteiger charge is 2.33. The third-order valence-corrected chi connectivity index (χ3v) is 9.50. The first-order valence-corrected chi connectivity index (χ1v) is 15.3. The van der Waals surface area contributed by atoms with Gasteiger partial charge in [-0.2, -0.15) is 0 Å². The van der Waals surface area contributed by atoms with Gasteiger partial charge in [-0.05, 0) is 93.6 Å². The van der Waals surface area contributed by atoms with Crippen LogP contribution < -0.4 is 15.0 Å². The van der Waals surface area contributed by atoms with E-state index < -0.39 is 34.3 Å². The Balaban J connectivity index is 1.11. The van der Waals surface area contributed by atoms with E-state index in [9.17, 15) is 28.5 Å². The number of benzene rings is 2. The molecule has 43 heavy (non-hydrogen) atoms. The van der Waals surface area contributed by atoms with E-state index in [2.05, 4.69) is 15.1 Å². The number of aryl methyl sites for hydroxylation is 2. The molecule has 2 aromatic carbocycles. The van der Waals surface area contributed by atoms with Crippen molar-refractivity contribution in [1.82, 2.24) is 10.2 Å². The summed E-state index contributed by atoms with van der Waals surface area (Å²) in [5.41, 5.74) is 2.32. The zero-order chi connectivity index (χ0) is 30.7. The second kappa shape index (κ2) is 13.4. The number of carbonyl (C=O) groups is 2. The normalized spacial score (nSPS) is 20.7. The highest BCUT2D eigenvalue weighted by atomic mass is 19.1. The number of nitrogens with zero attached hydrogens (tertiary/aromatic N) is 3. The Morgan fingerprint density at radius 2 is 1.67 bits per heavy atom. The van der Waals surface area contributed by atoms with Crippen molar-refractivity contribution >= 4 is 23.2 Å². The van der Waals surface area contributed by atoms with Gasteiger partial charge >= 0.3 is 5.69 Å². The number of nitro groups is 1. The van der Waals surface area contributed by atoms with Crippen molar-refractivity contribution < 1.29 is 28.0 Å². The van der Waals surface area contributed by atoms with Crippen LogP contribution in [0.3, 0.4) is 0 Å². The van der Waals surface area contributed by atoms with Crippen LogP contribution in [0.1, 0.15) is 74.5 Å². The van der Waals surface area contributed by atoms with Gasteiger partial charge in [0, 0.05) is 48.9 Å². The molecule has 1 unspecified atom stereocenters. The molecule has 0 aromatic heterocycles. The zero-order valence-electron chi connectivity index (χ0n) is 24.9. The lowest BCUT2D eigenvalue weighted by Gasteiger charge is -2.42. The molecule has 3 fully saturated rings. The number of anilines is 1. The van der Waals surface area contributed by atoms with E-state index in [4.69, 9.17) is 4.74 Å². The smallest absolute Gasteiger partial charge is 0.311 e. The fraction of sp³-hybridized carbons (Fsp3) is 0.562. The molecule has 9 nitrogen and oxygen atoms in total. The number of halogens is 2. The predicted molar refractivity (Wildman–Crippen MR) is 158 cm³/mol. The molecule has 3 heterocycles. The van der Waals surface area contributed by atoms with Gasteiger partial charge in [0.15, 0.2) is 5.75 Å². The van der Waals surface area contributed by atoms with E-state index >= 15 is 0 Å². The topological polar surface area (TPSA) is 105 Å². The first-order chi connectivity index (χ1) is 20.7. The van der Waals surface area contributed by atoms with Gasteiger partial charge in [-0.15, -0.1) is 0 Å². The molecule has 232 valence electrons. The van der Waals surface area contributed by atoms with Gasteiger partial charge < -0.3 is 14.5 Å². The van der Waals surface area contributed by atoms with Crippen LogP contribution >= 0.6 is 0 Å². The summed E-state index contributed by atoms with van der Waals surface area (Å²) < 4.78 is 35.1. The predicted octanol–water partition coefficient (Wildman–Crippen LogP) is 5.28. The number of rotatable bonds is 9. The second-order valence-corrected chi connectivity index (χ2v) is 12.0. The molecular weight excluding hydrogens is 558 g/mol. The quantitative estimate of drug-likeness (QED) is 0.238. The summed E-state index contributed by atoms with van der Waals surface area (Å²) in [6.07, 6.45) is 6.44. The van der Waals surface area contributed by atoms with Crippen LogP contribution in [0.2, 0.25) is 0 Å². The van der Waals surface area contributed by atoms with E-state index in [0.717, 1.165) is 69.5 Å². The summed E-state index contributed by atoms with van der Waals surface area (Å²) in [4.78, 5) is 39.5. The number of nitro benzene ring substituents is 1. The number of hydrogen-bond acceptors (Lipinski definition) is 7. The molecule has 2 aromatic rings. The van der Waals surface area contributed by atoms with Crippen molar-refractivity contribution in [2.45, 2.75) is 76.7 Å². The maximum atomic E-state index is 14.9. The zero-order valence-corrected chi connectivity index (χ0v) is 24.9. The Morgan fingerprint density at radius 3 is 2.26 bits per heavy atom. The molecule has 0 spiro atoms. The van der Waals surface area contributed by atoms with Crippen LogP contribution in [0.5, 0.6) is 5.75 Å². The van der Waals surface area contributed by atoms with E-state index in [1.54, 1.807) is 6.07 Å². The second-order valence-electron chi connectivity index (χ2n) is 12.0. The maximum absolute atomic E-state index is 14.9. The molecule has 3 aliphatic rings. The van der Waals surface area contributed by atoms with Crippen molar-refractivity contribution in [2.24, 2.45) is 5.92 Å². The number of carbonyl (C=O) groups excluding carboxylic acids is 2. The summed E-state index contributed by atoms with van der Waals surface area (Å²) in [6, 6.07) is 6.62. The first-order valence-electron chi connectivity index (χ1n) is 15.3. The molecule has 5 rings (SSSR count). The van der Waals surface area contributed by atoms with E-state index in [1.807, 2.05) is 13.0 Å². The van der Waals surface area contributed by atoms with Crippen molar-refractivity contribution in [3.63, 3.8) is 0 Å². The lowest BCUT2D eigenvalue weighted by Crippen LogP contribution is -2.48. The monoisotopic (exact) mass is 598 g/mol. The minimum atomic E-state index is -0.978. The van der Waals surface area contributed by atoms with Gasteiger partial charge in [-0.3, -0.25) is 25.0 Å². The van der Waals surface area contributed by atoms with Gasteiger partial charge in [0.05, 0.1) is 18.0 Å². The third-order valence-electron chi connectivity index (χ3n) is 9.50. The highest BCUT2D eigenvalue weighted by molar-refractivity contribution is 6.01. The number of piperidine rings is 3. The fourth-order valence-corrected chi connectivity index (χ4v) is 7.02. The van der Waals surface area contributed by atoms with E-state index in [1.165, 1.54) is 19.2 Å². The highest BCUT2D eigenvalue weighted by Crippen LogP contribution is 2.37. The number of nitrogens with one attached hydrogen (secondary N) is 1. The number of amides is 2. The van der Waals surface area contributed by atoms with Crippen LogP contribution in [-0.4, -0.2) is 61.0 Å². The summed E-state index contributed by atoms with van der Waals surface area (Å²) in [7, 11) is 1.46. The lowest BCUT2D eigenvalue weighted by atomic mass is 9.87. The van der Waals surface area contributed by atoms with Gasteiger partial charge in [0.2, 0.25) is 11.8 Å². The van der Waals surface area contributed by atoms with Crippen molar-refractivity contribution in [3.8, 4) is 5.75 Å². The molecular formula is C32H40F2N4O5. The molecule has 0 radical (unpaired) electrons. The SMILES string of the molecule is CCc1cc([N+](=O)[O-])c(OC)cc1N1CCC(N2CCC(CCc3cc(F)c(C4CCC(=O)NC4=O)c(F)c3)CC2)CC1. The molecule has 11 heteroatoms. The van der Waals surface area contributed by atoms with Gasteiger partial charge in [-0.25, -0.2) is 8.78 Å². The number of imide groups is 1. The van der Waals surface area contributed by atoms with Crippen LogP contribution in [0.15, 0.2) is 24.3 Å². The lowest BCUT2D eigenvalue weighted by molar-refractivity contribution is -0.385. The minimum absolute atomic E-state index is 0.000339. The van der Waals surface area contributed by atoms with Crippen LogP contribution in [0.25, 0.3) is 0 Å². The number of ether oxygens (including phenoxy) is 1. The average molecular weight is 599 g/mol. The van der Waals surface area contributed by atoms with Gasteiger partial charge in [-0.1, -0.05) is 6.92 Å². The molecule has 1 N–H and O–H groups in total. The molecule has 2 amide bonds. The Morgan fingerprint density at radius 1 is 1.00 bits per heavy atom. The Hall–Kier alpha value is -3.60. The molecule has 3 saturated heterocycles. The Labute approximate surface area is 250 Å². The van der Waals surface area contributed by atoms with E-state index in [0.29, 0.717) is 30.4 Å². The standard InChI is InChI=1S/C32H40F2N4O5/c1-3-22-18-28(38(41)42)29(43-2)19-27(22)37-14-10-23(11-15-37)36-12-8-20(9-13-36)4-5-21-16-25(33)31(26(34)17-21)24-6-7-30(39)35-32(24)40/h16-20,23-24H,3-15H2,1-2H3,(H,35,39,40). The van der Waals surface area contributed by atoms with Crippen molar-refractivity contribution in [2.75, 3.05) is 38.2 Å². The number of hydrogen-bond donors (Lipinski definition) is 1.